The lowest BCUT2D eigenvalue weighted by molar-refractivity contribution is -0.128. The molecule has 2 aliphatic rings. The Morgan fingerprint density at radius 3 is 2.58 bits per heavy atom. The van der Waals surface area contributed by atoms with Gasteiger partial charge in [-0.2, -0.15) is 0 Å². The molecule has 0 bridgehead atoms. The molecule has 3 N–H and O–H groups in total. The minimum Gasteiger partial charge on any atom is -0.371 e. The van der Waals surface area contributed by atoms with Gasteiger partial charge in [0.2, 0.25) is 23.6 Å². The molecule has 0 aliphatic carbocycles. The molecule has 1 saturated heterocycles. The van der Waals surface area contributed by atoms with E-state index in [2.05, 4.69) is 20.9 Å². The van der Waals surface area contributed by atoms with Crippen molar-refractivity contribution in [1.29, 1.82) is 0 Å². The molecule has 9 nitrogen and oxygen atoms in total. The molecule has 1 atom stereocenters. The Kier molecular flexibility index (Phi) is 8.20. The van der Waals surface area contributed by atoms with E-state index in [0.29, 0.717) is 29.9 Å². The van der Waals surface area contributed by atoms with Crippen LogP contribution < -0.4 is 25.8 Å². The number of anilines is 4. The average Bonchev–Trinajstić information content (AvgIpc) is 3.42. The van der Waals surface area contributed by atoms with Gasteiger partial charge in [-0.25, -0.2) is 0 Å². The summed E-state index contributed by atoms with van der Waals surface area (Å²) in [6.07, 6.45) is 3.40. The number of carbonyl (C=O) groups is 4. The Labute approximate surface area is 211 Å². The van der Waals surface area contributed by atoms with Crippen LogP contribution in [0.1, 0.15) is 45.4 Å². The Bertz CT molecular complexity index is 1130. The van der Waals surface area contributed by atoms with Crippen LogP contribution in [0, 0.1) is 0 Å². The number of benzene rings is 2. The highest BCUT2D eigenvalue weighted by Crippen LogP contribution is 2.29. The van der Waals surface area contributed by atoms with Gasteiger partial charge in [0.25, 0.3) is 0 Å². The topological polar surface area (TPSA) is 111 Å². The van der Waals surface area contributed by atoms with Crippen molar-refractivity contribution in [1.82, 2.24) is 5.32 Å². The Balaban J connectivity index is 1.32. The van der Waals surface area contributed by atoms with Gasteiger partial charge in [0.1, 0.15) is 12.6 Å². The van der Waals surface area contributed by atoms with Crippen LogP contribution >= 0.6 is 0 Å². The lowest BCUT2D eigenvalue weighted by Crippen LogP contribution is -2.45. The number of hydrogen-bond donors (Lipinski definition) is 3. The van der Waals surface area contributed by atoms with Gasteiger partial charge >= 0.3 is 0 Å². The zero-order valence-electron chi connectivity index (χ0n) is 20.6. The summed E-state index contributed by atoms with van der Waals surface area (Å²) in [5, 5.41) is 8.45. The van der Waals surface area contributed by atoms with Crippen molar-refractivity contribution in [3.63, 3.8) is 0 Å². The second-order valence-electron chi connectivity index (χ2n) is 9.19. The van der Waals surface area contributed by atoms with Crippen molar-refractivity contribution < 1.29 is 19.2 Å². The molecule has 4 rings (SSSR count). The molecule has 9 heteroatoms. The lowest BCUT2D eigenvalue weighted by Gasteiger charge is -2.29. The molecule has 0 aromatic heterocycles. The second-order valence-corrected chi connectivity index (χ2v) is 9.19. The molecule has 2 aromatic carbocycles. The van der Waals surface area contributed by atoms with E-state index in [1.54, 1.807) is 24.3 Å². The number of fused-ring (bicyclic) bond motifs is 1. The Morgan fingerprint density at radius 1 is 1.03 bits per heavy atom. The first-order valence-electron chi connectivity index (χ1n) is 12.6. The minimum atomic E-state index is -0.700. The number of hydrogen-bond acceptors (Lipinski definition) is 5. The second kappa shape index (κ2) is 11.7. The number of amides is 4. The fourth-order valence-electron chi connectivity index (χ4n) is 4.62. The molecule has 1 fully saturated rings. The van der Waals surface area contributed by atoms with Crippen molar-refractivity contribution in [2.75, 3.05) is 40.1 Å². The molecule has 0 radical (unpaired) electrons. The summed E-state index contributed by atoms with van der Waals surface area (Å²) in [4.78, 5) is 54.1. The Hall–Kier alpha value is -3.88. The molecule has 1 unspecified atom stereocenters. The fraction of sp³-hybridized carbons (Fsp3) is 0.407. The summed E-state index contributed by atoms with van der Waals surface area (Å²) in [6, 6.07) is 14.1. The van der Waals surface area contributed by atoms with Crippen LogP contribution in [0.3, 0.4) is 0 Å². The summed E-state index contributed by atoms with van der Waals surface area (Å²) in [7, 11) is 0. The number of rotatable bonds is 9. The maximum absolute atomic E-state index is 13.0. The third-order valence-electron chi connectivity index (χ3n) is 6.45. The zero-order valence-corrected chi connectivity index (χ0v) is 20.6. The summed E-state index contributed by atoms with van der Waals surface area (Å²) < 4.78 is 0. The van der Waals surface area contributed by atoms with Crippen LogP contribution in [-0.2, 0) is 19.2 Å². The highest BCUT2D eigenvalue weighted by atomic mass is 16.2. The van der Waals surface area contributed by atoms with E-state index in [0.717, 1.165) is 18.8 Å². The lowest BCUT2D eigenvalue weighted by atomic mass is 10.1. The molecule has 4 amide bonds. The van der Waals surface area contributed by atoms with Gasteiger partial charge in [-0.05, 0) is 49.6 Å². The van der Waals surface area contributed by atoms with Gasteiger partial charge in [0, 0.05) is 37.3 Å². The standard InChI is InChI=1S/C27H33N5O4/c1-2-8-22(27(36)28-19-9-7-10-20(17-19)31-15-5-6-16-31)30-24(33)13-14-26(35)32-18-25(34)29-21-11-3-4-12-23(21)32/h3-4,7,9-12,17,22H,2,5-6,8,13-16,18H2,1H3,(H,28,36)(H,29,34)(H,30,33). The van der Waals surface area contributed by atoms with E-state index < -0.39 is 6.04 Å². The quantitative estimate of drug-likeness (QED) is 0.499. The third-order valence-corrected chi connectivity index (χ3v) is 6.45. The van der Waals surface area contributed by atoms with E-state index in [9.17, 15) is 19.2 Å². The van der Waals surface area contributed by atoms with Crippen LogP contribution in [0.25, 0.3) is 0 Å². The Morgan fingerprint density at radius 2 is 1.81 bits per heavy atom. The zero-order chi connectivity index (χ0) is 25.5. The van der Waals surface area contributed by atoms with Crippen LogP contribution in [-0.4, -0.2) is 49.3 Å². The van der Waals surface area contributed by atoms with E-state index >= 15 is 0 Å². The van der Waals surface area contributed by atoms with Crippen molar-refractivity contribution >= 4 is 46.4 Å². The van der Waals surface area contributed by atoms with Crippen LogP contribution in [0.15, 0.2) is 48.5 Å². The average molecular weight is 492 g/mol. The van der Waals surface area contributed by atoms with E-state index in [-0.39, 0.29) is 43.0 Å². The smallest absolute Gasteiger partial charge is 0.246 e. The van der Waals surface area contributed by atoms with Crippen molar-refractivity contribution in [2.24, 2.45) is 0 Å². The van der Waals surface area contributed by atoms with Gasteiger partial charge in [-0.3, -0.25) is 19.2 Å². The van der Waals surface area contributed by atoms with Gasteiger partial charge in [-0.15, -0.1) is 0 Å². The number of para-hydroxylation sites is 2. The van der Waals surface area contributed by atoms with Gasteiger partial charge in [-0.1, -0.05) is 31.5 Å². The van der Waals surface area contributed by atoms with Gasteiger partial charge < -0.3 is 25.8 Å². The third kappa shape index (κ3) is 6.21. The number of nitrogens with zero attached hydrogens (tertiary/aromatic N) is 2. The highest BCUT2D eigenvalue weighted by Gasteiger charge is 2.27. The highest BCUT2D eigenvalue weighted by molar-refractivity contribution is 6.10. The maximum Gasteiger partial charge on any atom is 0.246 e. The summed E-state index contributed by atoms with van der Waals surface area (Å²) in [5.41, 5.74) is 2.95. The van der Waals surface area contributed by atoms with Crippen molar-refractivity contribution in [2.45, 2.75) is 51.5 Å². The molecule has 0 saturated carbocycles. The van der Waals surface area contributed by atoms with Crippen LogP contribution in [0.2, 0.25) is 0 Å². The molecule has 190 valence electrons. The largest absolute Gasteiger partial charge is 0.371 e. The SMILES string of the molecule is CCCC(NC(=O)CCC(=O)N1CC(=O)Nc2ccccc21)C(=O)Nc1cccc(N2CCCC2)c1. The maximum atomic E-state index is 13.0. The summed E-state index contributed by atoms with van der Waals surface area (Å²) in [6.45, 7) is 3.88. The molecular formula is C27H33N5O4. The molecule has 2 heterocycles. The predicted octanol–water partition coefficient (Wildman–Crippen LogP) is 3.28. The number of carbonyl (C=O) groups excluding carboxylic acids is 4. The van der Waals surface area contributed by atoms with Gasteiger partial charge in [0.05, 0.1) is 11.4 Å². The van der Waals surface area contributed by atoms with E-state index in [4.69, 9.17) is 0 Å². The molecule has 2 aliphatic heterocycles. The predicted molar refractivity (Wildman–Crippen MR) is 140 cm³/mol. The first kappa shape index (κ1) is 25.2. The molecule has 36 heavy (non-hydrogen) atoms. The van der Waals surface area contributed by atoms with E-state index in [1.807, 2.05) is 31.2 Å². The van der Waals surface area contributed by atoms with Crippen molar-refractivity contribution in [3.05, 3.63) is 48.5 Å². The molecule has 2 aromatic rings. The fourth-order valence-corrected chi connectivity index (χ4v) is 4.62. The molecular weight excluding hydrogens is 458 g/mol. The van der Waals surface area contributed by atoms with Crippen molar-refractivity contribution in [3.8, 4) is 0 Å². The first-order valence-corrected chi connectivity index (χ1v) is 12.6. The van der Waals surface area contributed by atoms with E-state index in [1.165, 1.54) is 17.7 Å². The molecule has 0 spiro atoms. The van der Waals surface area contributed by atoms with Gasteiger partial charge in [0.15, 0.2) is 0 Å². The number of nitrogens with one attached hydrogen (secondary N) is 3. The normalized spacial score (nSPS) is 15.6. The first-order chi connectivity index (χ1) is 17.4. The van der Waals surface area contributed by atoms with Crippen LogP contribution in [0.5, 0.6) is 0 Å². The summed E-state index contributed by atoms with van der Waals surface area (Å²) >= 11 is 0. The minimum absolute atomic E-state index is 0.0637. The summed E-state index contributed by atoms with van der Waals surface area (Å²) in [5.74, 6) is -1.25. The monoisotopic (exact) mass is 491 g/mol. The van der Waals surface area contributed by atoms with Crippen LogP contribution in [0.4, 0.5) is 22.7 Å².